The van der Waals surface area contributed by atoms with Gasteiger partial charge in [-0.05, 0) is 19.9 Å². The van der Waals surface area contributed by atoms with Crippen LogP contribution in [0.25, 0.3) is 0 Å². The van der Waals surface area contributed by atoms with Crippen molar-refractivity contribution in [1.82, 2.24) is 10.0 Å². The molecule has 1 fully saturated rings. The number of hydrogen-bond donors (Lipinski definition) is 2. The van der Waals surface area contributed by atoms with Crippen LogP contribution in [0, 0.1) is 0 Å². The molecule has 7 heteroatoms. The highest BCUT2D eigenvalue weighted by Crippen LogP contribution is 2.00. The van der Waals surface area contributed by atoms with E-state index in [9.17, 15) is 13.2 Å². The molecule has 0 radical (unpaired) electrons. The van der Waals surface area contributed by atoms with E-state index in [0.29, 0.717) is 6.54 Å². The third kappa shape index (κ3) is 4.59. The number of carbonyl (C=O) groups excluding carboxylic acids is 1. The van der Waals surface area contributed by atoms with Crippen LogP contribution >= 0.6 is 0 Å². The number of sulfonamides is 1. The molecule has 0 spiro atoms. The molecular formula is C8H16N2O4S. The van der Waals surface area contributed by atoms with E-state index in [1.807, 2.05) is 0 Å². The predicted molar refractivity (Wildman–Crippen MR) is 54.8 cm³/mol. The van der Waals surface area contributed by atoms with Crippen molar-refractivity contribution < 1.29 is 17.9 Å². The highest BCUT2D eigenvalue weighted by atomic mass is 32.2. The van der Waals surface area contributed by atoms with Crippen LogP contribution in [0.2, 0.25) is 0 Å². The first kappa shape index (κ1) is 12.4. The lowest BCUT2D eigenvalue weighted by molar-refractivity contribution is -0.139. The summed E-state index contributed by atoms with van der Waals surface area (Å²) in [5.41, 5.74) is 0. The molecule has 0 aromatic carbocycles. The molecule has 1 rings (SSSR count). The second kappa shape index (κ2) is 5.43. The van der Waals surface area contributed by atoms with E-state index < -0.39 is 21.7 Å². The smallest absolute Gasteiger partial charge is 0.322 e. The normalized spacial score (nSPS) is 21.5. The zero-order valence-corrected chi connectivity index (χ0v) is 9.47. The van der Waals surface area contributed by atoms with Gasteiger partial charge in [0.05, 0.1) is 6.61 Å². The van der Waals surface area contributed by atoms with Gasteiger partial charge in [0.15, 0.2) is 5.75 Å². The van der Waals surface area contributed by atoms with E-state index in [1.165, 1.54) is 0 Å². The van der Waals surface area contributed by atoms with Gasteiger partial charge >= 0.3 is 5.97 Å². The molecule has 0 saturated carbocycles. The van der Waals surface area contributed by atoms with Crippen LogP contribution in [0.3, 0.4) is 0 Å². The molecule has 1 atom stereocenters. The second-order valence-electron chi connectivity index (χ2n) is 3.37. The fourth-order valence-electron chi connectivity index (χ4n) is 1.41. The summed E-state index contributed by atoms with van der Waals surface area (Å²) in [6.07, 6.45) is 0.752. The minimum Gasteiger partial charge on any atom is -0.465 e. The van der Waals surface area contributed by atoms with Crippen molar-refractivity contribution in [3.05, 3.63) is 0 Å². The lowest BCUT2D eigenvalue weighted by Gasteiger charge is -2.11. The Hall–Kier alpha value is -0.660. The third-order valence-corrected chi connectivity index (χ3v) is 3.33. The minimum atomic E-state index is -3.55. The Kier molecular flexibility index (Phi) is 4.49. The van der Waals surface area contributed by atoms with E-state index in [-0.39, 0.29) is 12.6 Å². The molecule has 0 aromatic rings. The SMILES string of the molecule is CCOC(=O)CS(=O)(=O)N[C@@H]1CCNC1. The summed E-state index contributed by atoms with van der Waals surface area (Å²) in [5.74, 6) is -1.31. The van der Waals surface area contributed by atoms with Gasteiger partial charge in [-0.15, -0.1) is 0 Å². The predicted octanol–water partition coefficient (Wildman–Crippen LogP) is -1.17. The van der Waals surface area contributed by atoms with Crippen LogP contribution in [0.4, 0.5) is 0 Å². The van der Waals surface area contributed by atoms with Crippen molar-refractivity contribution in [3.63, 3.8) is 0 Å². The van der Waals surface area contributed by atoms with Crippen molar-refractivity contribution in [3.8, 4) is 0 Å². The molecule has 0 bridgehead atoms. The van der Waals surface area contributed by atoms with E-state index in [1.54, 1.807) is 6.92 Å². The van der Waals surface area contributed by atoms with Crippen molar-refractivity contribution in [2.75, 3.05) is 25.4 Å². The first-order valence-corrected chi connectivity index (χ1v) is 6.55. The maximum atomic E-state index is 11.4. The van der Waals surface area contributed by atoms with Gasteiger partial charge in [0.2, 0.25) is 10.0 Å². The van der Waals surface area contributed by atoms with Gasteiger partial charge in [-0.1, -0.05) is 0 Å². The Balaban J connectivity index is 2.40. The van der Waals surface area contributed by atoms with E-state index >= 15 is 0 Å². The quantitative estimate of drug-likeness (QED) is 0.588. The summed E-state index contributed by atoms with van der Waals surface area (Å²) in [6.45, 7) is 3.24. The largest absolute Gasteiger partial charge is 0.465 e. The number of esters is 1. The molecule has 0 unspecified atom stereocenters. The Morgan fingerprint density at radius 3 is 2.87 bits per heavy atom. The number of hydrogen-bond acceptors (Lipinski definition) is 5. The fraction of sp³-hybridized carbons (Fsp3) is 0.875. The molecule has 88 valence electrons. The zero-order valence-electron chi connectivity index (χ0n) is 8.65. The van der Waals surface area contributed by atoms with E-state index in [2.05, 4.69) is 14.8 Å². The topological polar surface area (TPSA) is 84.5 Å². The van der Waals surface area contributed by atoms with Gasteiger partial charge in [0.25, 0.3) is 0 Å². The van der Waals surface area contributed by atoms with Gasteiger partial charge in [-0.25, -0.2) is 13.1 Å². The third-order valence-electron chi connectivity index (χ3n) is 2.02. The molecule has 0 aliphatic carbocycles. The lowest BCUT2D eigenvalue weighted by Crippen LogP contribution is -2.39. The molecule has 2 N–H and O–H groups in total. The highest BCUT2D eigenvalue weighted by Gasteiger charge is 2.23. The first-order valence-electron chi connectivity index (χ1n) is 4.90. The number of carbonyl (C=O) groups is 1. The molecule has 6 nitrogen and oxygen atoms in total. The number of rotatable bonds is 5. The van der Waals surface area contributed by atoms with Gasteiger partial charge in [0, 0.05) is 12.6 Å². The molecule has 1 saturated heterocycles. The molecule has 1 heterocycles. The van der Waals surface area contributed by atoms with E-state index in [0.717, 1.165) is 13.0 Å². The molecule has 1 aliphatic heterocycles. The molecule has 1 aliphatic rings. The molecule has 0 aromatic heterocycles. The van der Waals surface area contributed by atoms with Crippen LogP contribution in [0.1, 0.15) is 13.3 Å². The fourth-order valence-corrected chi connectivity index (χ4v) is 2.59. The standard InChI is InChI=1S/C8H16N2O4S/c1-2-14-8(11)6-15(12,13)10-7-3-4-9-5-7/h7,9-10H,2-6H2,1H3/t7-/m1/s1. The molecular weight excluding hydrogens is 220 g/mol. The average Bonchev–Trinajstić information content (AvgIpc) is 2.54. The minimum absolute atomic E-state index is 0.107. The molecule has 0 amide bonds. The summed E-state index contributed by atoms with van der Waals surface area (Å²) >= 11 is 0. The summed E-state index contributed by atoms with van der Waals surface area (Å²) in [5, 5.41) is 3.03. The van der Waals surface area contributed by atoms with Crippen LogP contribution in [-0.4, -0.2) is 45.9 Å². The maximum Gasteiger partial charge on any atom is 0.322 e. The summed E-state index contributed by atoms with van der Waals surface area (Å²) < 4.78 is 29.9. The number of nitrogens with one attached hydrogen (secondary N) is 2. The maximum absolute atomic E-state index is 11.4. The Bertz CT molecular complexity index is 309. The van der Waals surface area contributed by atoms with Gasteiger partial charge in [-0.3, -0.25) is 4.79 Å². The van der Waals surface area contributed by atoms with Crippen LogP contribution < -0.4 is 10.0 Å². The van der Waals surface area contributed by atoms with Crippen molar-refractivity contribution in [1.29, 1.82) is 0 Å². The van der Waals surface area contributed by atoms with Crippen molar-refractivity contribution in [2.45, 2.75) is 19.4 Å². The van der Waals surface area contributed by atoms with Crippen LogP contribution in [0.5, 0.6) is 0 Å². The zero-order chi connectivity index (χ0) is 11.3. The van der Waals surface area contributed by atoms with Crippen LogP contribution in [-0.2, 0) is 19.6 Å². The van der Waals surface area contributed by atoms with Crippen molar-refractivity contribution in [2.24, 2.45) is 0 Å². The Morgan fingerprint density at radius 2 is 2.33 bits per heavy atom. The number of ether oxygens (including phenoxy) is 1. The summed E-state index contributed by atoms with van der Waals surface area (Å²) in [6, 6.07) is -0.107. The monoisotopic (exact) mass is 236 g/mol. The van der Waals surface area contributed by atoms with Gasteiger partial charge in [0.1, 0.15) is 0 Å². The van der Waals surface area contributed by atoms with Gasteiger partial charge < -0.3 is 10.1 Å². The van der Waals surface area contributed by atoms with Crippen molar-refractivity contribution >= 4 is 16.0 Å². The average molecular weight is 236 g/mol. The Labute approximate surface area is 89.4 Å². The first-order chi connectivity index (χ1) is 7.03. The summed E-state index contributed by atoms with van der Waals surface area (Å²) in [7, 11) is -3.55. The lowest BCUT2D eigenvalue weighted by atomic mass is 10.3. The molecule has 15 heavy (non-hydrogen) atoms. The highest BCUT2D eigenvalue weighted by molar-refractivity contribution is 7.90. The summed E-state index contributed by atoms with van der Waals surface area (Å²) in [4.78, 5) is 11.0. The second-order valence-corrected chi connectivity index (χ2v) is 5.13. The van der Waals surface area contributed by atoms with Gasteiger partial charge in [-0.2, -0.15) is 0 Å². The Morgan fingerprint density at radius 1 is 1.60 bits per heavy atom. The van der Waals surface area contributed by atoms with Crippen LogP contribution in [0.15, 0.2) is 0 Å². The van der Waals surface area contributed by atoms with E-state index in [4.69, 9.17) is 0 Å².